The number of thiophene rings is 1. The van der Waals surface area contributed by atoms with Gasteiger partial charge in [-0.2, -0.15) is 0 Å². The van der Waals surface area contributed by atoms with Crippen LogP contribution in [0.2, 0.25) is 5.02 Å². The van der Waals surface area contributed by atoms with Crippen LogP contribution in [0, 0.1) is 0 Å². The molecule has 1 N–H and O–H groups in total. The highest BCUT2D eigenvalue weighted by atomic mass is 35.5. The van der Waals surface area contributed by atoms with Gasteiger partial charge in [0.05, 0.1) is 25.2 Å². The van der Waals surface area contributed by atoms with Crippen molar-refractivity contribution in [2.24, 2.45) is 0 Å². The van der Waals surface area contributed by atoms with Gasteiger partial charge in [0, 0.05) is 21.5 Å². The highest BCUT2D eigenvalue weighted by Crippen LogP contribution is 2.39. The second-order valence-electron chi connectivity index (χ2n) is 5.17. The molecule has 0 atom stereocenters. The summed E-state index contributed by atoms with van der Waals surface area (Å²) in [6.45, 7) is 2.02. The molecule has 0 saturated carbocycles. The Morgan fingerprint density at radius 2 is 1.93 bits per heavy atom. The molecule has 0 radical (unpaired) electrons. The zero-order valence-corrected chi connectivity index (χ0v) is 17.1. The fourth-order valence-corrected chi connectivity index (χ4v) is 4.04. The Bertz CT molecular complexity index is 837. The number of carbonyl (C=O) groups excluding carboxylic acids is 3. The van der Waals surface area contributed by atoms with Crippen molar-refractivity contribution in [2.45, 2.75) is 6.92 Å². The van der Waals surface area contributed by atoms with Gasteiger partial charge in [-0.1, -0.05) is 29.8 Å². The van der Waals surface area contributed by atoms with Gasteiger partial charge >= 0.3 is 11.9 Å². The van der Waals surface area contributed by atoms with Crippen molar-refractivity contribution in [1.29, 1.82) is 0 Å². The minimum absolute atomic E-state index is 0.0543. The molecule has 1 aromatic carbocycles. The third-order valence-corrected chi connectivity index (χ3v) is 5.49. The van der Waals surface area contributed by atoms with Crippen LogP contribution >= 0.6 is 34.7 Å². The molecular formula is C18H18ClNO5S2. The average molecular weight is 428 g/mol. The standard InChI is InChI=1S/C18H18ClNO5S2/c1-3-25-15(22)10-26-9-14(21)20-17-16(18(23)24-2)12(8-27-17)11-6-4-5-7-13(11)19/h4-8H,3,9-10H2,1-2H3,(H,20,21). The van der Waals surface area contributed by atoms with Crippen LogP contribution in [-0.2, 0) is 19.1 Å². The summed E-state index contributed by atoms with van der Waals surface area (Å²) in [5.41, 5.74) is 1.51. The maximum Gasteiger partial charge on any atom is 0.341 e. The van der Waals surface area contributed by atoms with Crippen molar-refractivity contribution in [1.82, 2.24) is 0 Å². The second-order valence-corrected chi connectivity index (χ2v) is 7.44. The largest absolute Gasteiger partial charge is 0.465 e. The molecule has 1 heterocycles. The van der Waals surface area contributed by atoms with E-state index in [1.165, 1.54) is 18.4 Å². The number of ether oxygens (including phenoxy) is 2. The number of halogens is 1. The van der Waals surface area contributed by atoms with Crippen molar-refractivity contribution in [2.75, 3.05) is 30.5 Å². The molecule has 0 aliphatic carbocycles. The number of hydrogen-bond donors (Lipinski definition) is 1. The van der Waals surface area contributed by atoms with Crippen molar-refractivity contribution in [3.05, 3.63) is 40.2 Å². The molecule has 0 bridgehead atoms. The Morgan fingerprint density at radius 3 is 2.59 bits per heavy atom. The Labute approximate surface area is 170 Å². The molecule has 0 spiro atoms. The number of amides is 1. The highest BCUT2D eigenvalue weighted by molar-refractivity contribution is 8.00. The molecule has 0 unspecified atom stereocenters. The van der Waals surface area contributed by atoms with Crippen LogP contribution in [0.15, 0.2) is 29.6 Å². The van der Waals surface area contributed by atoms with Crippen LogP contribution in [0.3, 0.4) is 0 Å². The fraction of sp³-hybridized carbons (Fsp3) is 0.278. The SMILES string of the molecule is CCOC(=O)CSCC(=O)Nc1scc(-c2ccccc2Cl)c1C(=O)OC. The number of rotatable bonds is 8. The van der Waals surface area contributed by atoms with Crippen molar-refractivity contribution in [3.63, 3.8) is 0 Å². The minimum atomic E-state index is -0.569. The zero-order valence-electron chi connectivity index (χ0n) is 14.7. The molecule has 9 heteroatoms. The lowest BCUT2D eigenvalue weighted by atomic mass is 10.0. The quantitative estimate of drug-likeness (QED) is 0.639. The monoisotopic (exact) mass is 427 g/mol. The van der Waals surface area contributed by atoms with Gasteiger partial charge < -0.3 is 14.8 Å². The second kappa shape index (κ2) is 10.3. The molecule has 1 amide bonds. The van der Waals surface area contributed by atoms with Gasteiger partial charge in [-0.05, 0) is 13.0 Å². The first-order chi connectivity index (χ1) is 13.0. The zero-order chi connectivity index (χ0) is 19.8. The number of anilines is 1. The Morgan fingerprint density at radius 1 is 1.19 bits per heavy atom. The van der Waals surface area contributed by atoms with Crippen LogP contribution in [0.4, 0.5) is 5.00 Å². The Hall–Kier alpha value is -2.03. The van der Waals surface area contributed by atoms with Gasteiger partial charge in [0.15, 0.2) is 0 Å². The third-order valence-electron chi connectivity index (χ3n) is 3.36. The first-order valence-electron chi connectivity index (χ1n) is 7.95. The van der Waals surface area contributed by atoms with Crippen LogP contribution in [0.1, 0.15) is 17.3 Å². The van der Waals surface area contributed by atoms with Gasteiger partial charge in [0.2, 0.25) is 5.91 Å². The molecule has 27 heavy (non-hydrogen) atoms. The first kappa shape index (κ1) is 21.3. The van der Waals surface area contributed by atoms with Crippen LogP contribution in [-0.4, -0.2) is 43.1 Å². The summed E-state index contributed by atoms with van der Waals surface area (Å²) in [7, 11) is 1.27. The molecule has 0 saturated heterocycles. The van der Waals surface area contributed by atoms with E-state index in [2.05, 4.69) is 5.32 Å². The molecular weight excluding hydrogens is 410 g/mol. The number of carbonyl (C=O) groups is 3. The maximum atomic E-state index is 12.3. The first-order valence-corrected chi connectivity index (χ1v) is 10.4. The summed E-state index contributed by atoms with van der Waals surface area (Å²) < 4.78 is 9.67. The van der Waals surface area contributed by atoms with Crippen molar-refractivity contribution in [3.8, 4) is 11.1 Å². The van der Waals surface area contributed by atoms with Gasteiger partial charge in [0.1, 0.15) is 10.6 Å². The summed E-state index contributed by atoms with van der Waals surface area (Å²) in [4.78, 5) is 35.8. The number of benzene rings is 1. The molecule has 2 rings (SSSR count). The summed E-state index contributed by atoms with van der Waals surface area (Å²) >= 11 is 8.58. The topological polar surface area (TPSA) is 81.7 Å². The number of esters is 2. The van der Waals surface area contributed by atoms with E-state index in [9.17, 15) is 14.4 Å². The predicted octanol–water partition coefficient (Wildman–Crippen LogP) is 4.09. The molecule has 0 aliphatic heterocycles. The van der Waals surface area contributed by atoms with Crippen LogP contribution in [0.5, 0.6) is 0 Å². The van der Waals surface area contributed by atoms with E-state index in [0.29, 0.717) is 27.8 Å². The van der Waals surface area contributed by atoms with Gasteiger partial charge in [-0.15, -0.1) is 23.1 Å². The van der Waals surface area contributed by atoms with Crippen LogP contribution < -0.4 is 5.32 Å². The van der Waals surface area contributed by atoms with Crippen LogP contribution in [0.25, 0.3) is 11.1 Å². The summed E-state index contributed by atoms with van der Waals surface area (Å²) in [6, 6.07) is 7.11. The van der Waals surface area contributed by atoms with Gasteiger partial charge in [0.25, 0.3) is 0 Å². The number of methoxy groups -OCH3 is 1. The molecule has 1 aromatic heterocycles. The smallest absolute Gasteiger partial charge is 0.341 e. The molecule has 6 nitrogen and oxygen atoms in total. The van der Waals surface area contributed by atoms with E-state index in [4.69, 9.17) is 21.1 Å². The lowest BCUT2D eigenvalue weighted by molar-refractivity contribution is -0.139. The van der Waals surface area contributed by atoms with Gasteiger partial charge in [-0.3, -0.25) is 9.59 Å². The lowest BCUT2D eigenvalue weighted by Gasteiger charge is -2.08. The van der Waals surface area contributed by atoms with E-state index in [0.717, 1.165) is 11.8 Å². The average Bonchev–Trinajstić information content (AvgIpc) is 3.04. The maximum absolute atomic E-state index is 12.3. The van der Waals surface area contributed by atoms with Crippen molar-refractivity contribution < 1.29 is 23.9 Å². The number of hydrogen-bond acceptors (Lipinski definition) is 7. The normalized spacial score (nSPS) is 10.3. The van der Waals surface area contributed by atoms with E-state index >= 15 is 0 Å². The minimum Gasteiger partial charge on any atom is -0.465 e. The summed E-state index contributed by atoms with van der Waals surface area (Å²) in [6.07, 6.45) is 0. The fourth-order valence-electron chi connectivity index (χ4n) is 2.22. The summed E-state index contributed by atoms with van der Waals surface area (Å²) in [5.74, 6) is -1.13. The Balaban J connectivity index is 2.15. The molecule has 0 fully saturated rings. The molecule has 2 aromatic rings. The Kier molecular flexibility index (Phi) is 8.15. The molecule has 144 valence electrons. The van der Waals surface area contributed by atoms with E-state index < -0.39 is 5.97 Å². The van der Waals surface area contributed by atoms with Crippen molar-refractivity contribution >= 4 is 57.5 Å². The van der Waals surface area contributed by atoms with E-state index in [1.807, 2.05) is 6.07 Å². The van der Waals surface area contributed by atoms with E-state index in [-0.39, 0.29) is 28.9 Å². The lowest BCUT2D eigenvalue weighted by Crippen LogP contribution is -2.17. The summed E-state index contributed by atoms with van der Waals surface area (Å²) in [5, 5.41) is 5.31. The van der Waals surface area contributed by atoms with Gasteiger partial charge in [-0.25, -0.2) is 4.79 Å². The van der Waals surface area contributed by atoms with E-state index in [1.54, 1.807) is 30.5 Å². The number of thioether (sulfide) groups is 1. The number of nitrogens with one attached hydrogen (secondary N) is 1. The third kappa shape index (κ3) is 5.72. The molecule has 0 aliphatic rings. The predicted molar refractivity (Wildman–Crippen MR) is 109 cm³/mol. The highest BCUT2D eigenvalue weighted by Gasteiger charge is 2.23.